The second-order valence-electron chi connectivity index (χ2n) is 5.21. The number of benzene rings is 2. The average Bonchev–Trinajstić information content (AvgIpc) is 2.51. The molecule has 2 aromatic carbocycles. The highest BCUT2D eigenvalue weighted by Crippen LogP contribution is 2.42. The van der Waals surface area contributed by atoms with E-state index in [2.05, 4.69) is 4.52 Å². The molecule has 0 spiro atoms. The van der Waals surface area contributed by atoms with Gasteiger partial charge in [0.15, 0.2) is 17.3 Å². The van der Waals surface area contributed by atoms with Gasteiger partial charge in [-0.05, 0) is 18.2 Å². The second kappa shape index (κ2) is 5.95. The maximum Gasteiger partial charge on any atom is 0.524 e. The minimum Gasteiger partial charge on any atom is -0.507 e. The van der Waals surface area contributed by atoms with E-state index >= 15 is 0 Å². The van der Waals surface area contributed by atoms with E-state index in [0.717, 1.165) is 24.3 Å². The van der Waals surface area contributed by atoms with Crippen LogP contribution in [-0.4, -0.2) is 30.2 Å². The Labute approximate surface area is 144 Å². The predicted octanol–water partition coefficient (Wildman–Crippen LogP) is 1.75. The Kier molecular flexibility index (Phi) is 4.03. The zero-order chi connectivity index (χ0) is 19.2. The Hall–Kier alpha value is -3.20. The van der Waals surface area contributed by atoms with Crippen molar-refractivity contribution in [3.8, 4) is 40.1 Å². The maximum absolute atomic E-state index is 12.3. The fourth-order valence-corrected chi connectivity index (χ4v) is 2.70. The maximum atomic E-state index is 12.3. The Morgan fingerprint density at radius 3 is 2.23 bits per heavy atom. The fraction of sp³-hybridized carbons (Fsp3) is 0. The Morgan fingerprint density at radius 1 is 0.923 bits per heavy atom. The molecule has 3 aromatic rings. The number of hydrogen-bond donors (Lipinski definition) is 6. The highest BCUT2D eigenvalue weighted by molar-refractivity contribution is 7.46. The first-order valence-corrected chi connectivity index (χ1v) is 8.40. The number of phenolic OH excluding ortho intramolecular Hbond substituents is 3. The number of phosphoric ester groups is 1. The summed E-state index contributed by atoms with van der Waals surface area (Å²) in [6.07, 6.45) is 0. The van der Waals surface area contributed by atoms with Gasteiger partial charge in [-0.1, -0.05) is 0 Å². The van der Waals surface area contributed by atoms with Gasteiger partial charge in [-0.15, -0.1) is 0 Å². The smallest absolute Gasteiger partial charge is 0.507 e. The van der Waals surface area contributed by atoms with Crippen molar-refractivity contribution in [3.05, 3.63) is 40.6 Å². The SMILES string of the molecule is O=c1c(O)c(-c2ccc(O)c(O)c2)oc2cc(OP(=O)(O)O)cc(O)c12. The Morgan fingerprint density at radius 2 is 1.62 bits per heavy atom. The Bertz CT molecular complexity index is 1130. The number of phosphoric acid groups is 1. The number of phenols is 3. The molecule has 0 atom stereocenters. The van der Waals surface area contributed by atoms with E-state index in [9.17, 15) is 29.8 Å². The van der Waals surface area contributed by atoms with Crippen LogP contribution in [0.3, 0.4) is 0 Å². The lowest BCUT2D eigenvalue weighted by atomic mass is 10.1. The molecule has 0 amide bonds. The van der Waals surface area contributed by atoms with Crippen molar-refractivity contribution in [2.24, 2.45) is 0 Å². The lowest BCUT2D eigenvalue weighted by molar-refractivity contribution is 0.283. The summed E-state index contributed by atoms with van der Waals surface area (Å²) in [5.41, 5.74) is -1.33. The zero-order valence-corrected chi connectivity index (χ0v) is 13.5. The average molecular weight is 382 g/mol. The molecule has 136 valence electrons. The van der Waals surface area contributed by atoms with Crippen LogP contribution >= 0.6 is 7.82 Å². The third-order valence-electron chi connectivity index (χ3n) is 3.39. The normalized spacial score (nSPS) is 11.6. The lowest BCUT2D eigenvalue weighted by Gasteiger charge is -2.11. The second-order valence-corrected chi connectivity index (χ2v) is 6.37. The number of hydrogen-bond acceptors (Lipinski definition) is 8. The van der Waals surface area contributed by atoms with Crippen LogP contribution in [0.2, 0.25) is 0 Å². The van der Waals surface area contributed by atoms with Gasteiger partial charge in [0, 0.05) is 17.7 Å². The zero-order valence-electron chi connectivity index (χ0n) is 12.7. The van der Waals surface area contributed by atoms with Crippen molar-refractivity contribution in [1.29, 1.82) is 0 Å². The number of rotatable bonds is 3. The Balaban J connectivity index is 2.28. The summed E-state index contributed by atoms with van der Waals surface area (Å²) in [4.78, 5) is 30.0. The summed E-state index contributed by atoms with van der Waals surface area (Å²) in [6, 6.07) is 5.09. The van der Waals surface area contributed by atoms with Crippen molar-refractivity contribution in [2.45, 2.75) is 0 Å². The number of aromatic hydroxyl groups is 4. The van der Waals surface area contributed by atoms with Gasteiger partial charge in [-0.3, -0.25) is 14.6 Å². The molecular formula is C15H11O10P. The van der Waals surface area contributed by atoms with Crippen LogP contribution in [0.5, 0.6) is 28.7 Å². The topological polar surface area (TPSA) is 178 Å². The molecule has 0 radical (unpaired) electrons. The van der Waals surface area contributed by atoms with E-state index in [4.69, 9.17) is 14.2 Å². The van der Waals surface area contributed by atoms with Gasteiger partial charge in [0.2, 0.25) is 11.2 Å². The summed E-state index contributed by atoms with van der Waals surface area (Å²) in [5, 5.41) is 38.4. The van der Waals surface area contributed by atoms with Crippen LogP contribution in [0.25, 0.3) is 22.3 Å². The lowest BCUT2D eigenvalue weighted by Crippen LogP contribution is -2.03. The quantitative estimate of drug-likeness (QED) is 0.289. The van der Waals surface area contributed by atoms with Crippen molar-refractivity contribution < 1.29 is 43.7 Å². The van der Waals surface area contributed by atoms with E-state index in [0.29, 0.717) is 0 Å². The molecule has 1 aromatic heterocycles. The molecule has 0 bridgehead atoms. The monoisotopic (exact) mass is 382 g/mol. The van der Waals surface area contributed by atoms with Gasteiger partial charge in [-0.2, -0.15) is 0 Å². The van der Waals surface area contributed by atoms with Crippen LogP contribution in [0, 0.1) is 0 Å². The van der Waals surface area contributed by atoms with E-state index in [1.54, 1.807) is 0 Å². The molecule has 3 rings (SSSR count). The summed E-state index contributed by atoms with van der Waals surface area (Å²) in [7, 11) is -4.93. The van der Waals surface area contributed by atoms with Crippen LogP contribution in [-0.2, 0) is 4.57 Å². The molecule has 0 unspecified atom stereocenters. The standard InChI is InChI=1S/C15H11O10P/c16-8-2-1-6(3-9(8)17)15-14(20)13(19)12-10(18)4-7(5-11(12)24-15)25-26(21,22)23/h1-5,16-18,20H,(H2,21,22,23). The molecule has 11 heteroatoms. The summed E-state index contributed by atoms with van der Waals surface area (Å²) in [5.74, 6) is -3.45. The van der Waals surface area contributed by atoms with Crippen molar-refractivity contribution in [2.75, 3.05) is 0 Å². The number of fused-ring (bicyclic) bond motifs is 1. The van der Waals surface area contributed by atoms with Gasteiger partial charge >= 0.3 is 7.82 Å². The summed E-state index contributed by atoms with van der Waals surface area (Å²) < 4.78 is 20.6. The van der Waals surface area contributed by atoms with E-state index < -0.39 is 53.1 Å². The first-order chi connectivity index (χ1) is 12.1. The van der Waals surface area contributed by atoms with Crippen LogP contribution in [0.15, 0.2) is 39.5 Å². The summed E-state index contributed by atoms with van der Waals surface area (Å²) in [6.45, 7) is 0. The third kappa shape index (κ3) is 3.16. The van der Waals surface area contributed by atoms with Gasteiger partial charge in [-0.25, -0.2) is 4.57 Å². The van der Waals surface area contributed by atoms with E-state index in [1.165, 1.54) is 6.07 Å². The molecule has 0 saturated heterocycles. The molecule has 1 heterocycles. The van der Waals surface area contributed by atoms with Crippen LogP contribution in [0.1, 0.15) is 0 Å². The first-order valence-electron chi connectivity index (χ1n) is 6.87. The highest BCUT2D eigenvalue weighted by Gasteiger charge is 2.22. The molecule has 0 aliphatic carbocycles. The van der Waals surface area contributed by atoms with Gasteiger partial charge in [0.25, 0.3) is 0 Å². The van der Waals surface area contributed by atoms with Crippen molar-refractivity contribution in [3.63, 3.8) is 0 Å². The summed E-state index contributed by atoms with van der Waals surface area (Å²) >= 11 is 0. The highest BCUT2D eigenvalue weighted by atomic mass is 31.2. The minimum atomic E-state index is -4.93. The molecular weight excluding hydrogens is 371 g/mol. The van der Waals surface area contributed by atoms with Gasteiger partial charge in [0.1, 0.15) is 22.5 Å². The largest absolute Gasteiger partial charge is 0.524 e. The third-order valence-corrected chi connectivity index (χ3v) is 3.83. The van der Waals surface area contributed by atoms with Crippen LogP contribution < -0.4 is 9.95 Å². The van der Waals surface area contributed by atoms with Crippen LogP contribution in [0.4, 0.5) is 0 Å². The van der Waals surface area contributed by atoms with Crippen molar-refractivity contribution >= 4 is 18.8 Å². The van der Waals surface area contributed by atoms with E-state index in [-0.39, 0.29) is 11.1 Å². The minimum absolute atomic E-state index is 0.0256. The molecule has 26 heavy (non-hydrogen) atoms. The van der Waals surface area contributed by atoms with E-state index in [1.807, 2.05) is 0 Å². The molecule has 0 fully saturated rings. The van der Waals surface area contributed by atoms with Crippen molar-refractivity contribution in [1.82, 2.24) is 0 Å². The van der Waals surface area contributed by atoms with Gasteiger partial charge < -0.3 is 29.4 Å². The molecule has 0 aliphatic rings. The molecule has 10 nitrogen and oxygen atoms in total. The molecule has 0 aliphatic heterocycles. The molecule has 6 N–H and O–H groups in total. The predicted molar refractivity (Wildman–Crippen MR) is 87.3 cm³/mol. The molecule has 0 saturated carbocycles. The first kappa shape index (κ1) is 17.6. The fourth-order valence-electron chi connectivity index (χ4n) is 2.32. The van der Waals surface area contributed by atoms with Gasteiger partial charge in [0.05, 0.1) is 0 Å².